The molecule has 0 saturated carbocycles. The summed E-state index contributed by atoms with van der Waals surface area (Å²) in [4.78, 5) is 32.2. The lowest BCUT2D eigenvalue weighted by molar-refractivity contribution is -0.125. The van der Waals surface area contributed by atoms with Gasteiger partial charge in [-0.3, -0.25) is 9.59 Å². The number of carbonyl (C=O) groups is 2. The Morgan fingerprint density at radius 2 is 1.55 bits per heavy atom. The predicted molar refractivity (Wildman–Crippen MR) is 230 cm³/mol. The van der Waals surface area contributed by atoms with Crippen LogP contribution in [0.3, 0.4) is 0 Å². The van der Waals surface area contributed by atoms with Gasteiger partial charge in [0.15, 0.2) is 11.5 Å². The van der Waals surface area contributed by atoms with Crippen LogP contribution in [0.1, 0.15) is 82.1 Å². The van der Waals surface area contributed by atoms with Crippen molar-refractivity contribution < 1.29 is 38.0 Å². The Morgan fingerprint density at radius 1 is 0.767 bits per heavy atom. The van der Waals surface area contributed by atoms with E-state index in [1.54, 1.807) is 34.5 Å². The summed E-state index contributed by atoms with van der Waals surface area (Å²) >= 11 is 0. The fourth-order valence-electron chi connectivity index (χ4n) is 9.76. The maximum atomic E-state index is 14.3. The van der Waals surface area contributed by atoms with Gasteiger partial charge in [-0.2, -0.15) is 0 Å². The molecule has 12 nitrogen and oxygen atoms in total. The summed E-state index contributed by atoms with van der Waals surface area (Å²) in [5.74, 6) is 3.55. The van der Waals surface area contributed by atoms with E-state index in [1.165, 1.54) is 11.1 Å². The van der Waals surface area contributed by atoms with Crippen molar-refractivity contribution in [1.82, 2.24) is 15.1 Å². The van der Waals surface area contributed by atoms with Gasteiger partial charge < -0.3 is 48.9 Å². The molecular formula is C48H58N4O8. The van der Waals surface area contributed by atoms with Crippen molar-refractivity contribution in [3.8, 4) is 17.2 Å². The molecule has 0 fully saturated rings. The third kappa shape index (κ3) is 7.66. The van der Waals surface area contributed by atoms with E-state index in [4.69, 9.17) is 28.4 Å². The van der Waals surface area contributed by atoms with Crippen LogP contribution in [0.25, 0.3) is 5.57 Å². The third-order valence-electron chi connectivity index (χ3n) is 13.0. The average Bonchev–Trinajstić information content (AvgIpc) is 3.64. The first-order valence-corrected chi connectivity index (χ1v) is 21.1. The Kier molecular flexibility index (Phi) is 11.5. The van der Waals surface area contributed by atoms with Gasteiger partial charge in [0.2, 0.25) is 0 Å². The number of hydrogen-bond donors (Lipinski definition) is 2. The lowest BCUT2D eigenvalue weighted by Gasteiger charge is -2.41. The van der Waals surface area contributed by atoms with Crippen molar-refractivity contribution in [3.05, 3.63) is 112 Å². The Labute approximate surface area is 353 Å². The molecule has 6 aliphatic rings. The predicted octanol–water partition coefficient (Wildman–Crippen LogP) is 7.87. The normalized spacial score (nSPS) is 27.2. The first kappa shape index (κ1) is 41.1. The Hall–Kier alpha value is -5.62. The second kappa shape index (κ2) is 16.8. The number of nitrogens with one attached hydrogen (secondary N) is 2. The topological polar surface area (TPSA) is 120 Å². The molecule has 8 rings (SSSR count). The summed E-state index contributed by atoms with van der Waals surface area (Å²) in [6.45, 7) is 9.24. The van der Waals surface area contributed by atoms with E-state index in [9.17, 15) is 9.59 Å². The fraction of sp³-hybridized carbons (Fsp3) is 0.458. The highest BCUT2D eigenvalue weighted by Gasteiger charge is 2.45. The molecule has 0 radical (unpaired) electrons. The number of fused-ring (bicyclic) bond motifs is 3. The van der Waals surface area contributed by atoms with E-state index in [-0.39, 0.29) is 41.9 Å². The summed E-state index contributed by atoms with van der Waals surface area (Å²) in [5, 5.41) is 7.33. The minimum absolute atomic E-state index is 0.000746. The Morgan fingerprint density at radius 3 is 2.25 bits per heavy atom. The van der Waals surface area contributed by atoms with Crippen LogP contribution in [0.15, 0.2) is 101 Å². The molecule has 0 spiro atoms. The molecule has 2 amide bonds. The van der Waals surface area contributed by atoms with Gasteiger partial charge in [0.25, 0.3) is 11.8 Å². The first-order chi connectivity index (χ1) is 28.9. The van der Waals surface area contributed by atoms with Gasteiger partial charge in [0, 0.05) is 55.5 Å². The number of amides is 2. The van der Waals surface area contributed by atoms with E-state index in [0.29, 0.717) is 54.5 Å². The average molecular weight is 819 g/mol. The van der Waals surface area contributed by atoms with E-state index in [2.05, 4.69) is 43.7 Å². The standard InChI is InChI=1S/C48H58N4O8/c1-28-20-33(31-10-14-35(55-5)15-11-31)27-52-45(28)30(3)50-39-24-43(42(57-7)22-37(39)47(52)54)59-18-9-19-60-48(4)25-40-38(23-44(48)58-8)46(53)51-26-34(21-41(51)29(2)49-40)32-12-16-36(56-6)17-13-32/h10,12-14,16-17,22-24,26-30,41,45,49-50H,9,11,15,18-21,25H2,1-8H3/t28-,29?,30?,41?,45?,48?/m0/s1. The largest absolute Gasteiger partial charge is 0.501 e. The molecule has 2 aromatic carbocycles. The van der Waals surface area contributed by atoms with Crippen molar-refractivity contribution in [2.75, 3.05) is 47.0 Å². The van der Waals surface area contributed by atoms with Gasteiger partial charge in [0.1, 0.15) is 17.1 Å². The molecule has 0 saturated heterocycles. The molecule has 60 heavy (non-hydrogen) atoms. The zero-order valence-corrected chi connectivity index (χ0v) is 36.1. The molecule has 12 heteroatoms. The Balaban J connectivity index is 0.923. The summed E-state index contributed by atoms with van der Waals surface area (Å²) in [6.07, 6.45) is 14.5. The summed E-state index contributed by atoms with van der Waals surface area (Å²) in [6, 6.07) is 11.6. The number of methoxy groups -OCH3 is 4. The molecule has 5 unspecified atom stereocenters. The number of ether oxygens (including phenoxy) is 6. The maximum absolute atomic E-state index is 14.3. The second-order valence-corrected chi connectivity index (χ2v) is 16.9. The highest BCUT2D eigenvalue weighted by Crippen LogP contribution is 2.43. The zero-order valence-electron chi connectivity index (χ0n) is 36.1. The first-order valence-electron chi connectivity index (χ1n) is 21.1. The van der Waals surface area contributed by atoms with Crippen molar-refractivity contribution >= 4 is 23.1 Å². The van der Waals surface area contributed by atoms with Gasteiger partial charge >= 0.3 is 0 Å². The van der Waals surface area contributed by atoms with Crippen LogP contribution < -0.4 is 24.8 Å². The van der Waals surface area contributed by atoms with Crippen molar-refractivity contribution in [2.45, 2.75) is 96.0 Å². The molecule has 4 aliphatic heterocycles. The minimum atomic E-state index is -0.795. The summed E-state index contributed by atoms with van der Waals surface area (Å²) < 4.78 is 35.4. The lowest BCUT2D eigenvalue weighted by Crippen LogP contribution is -2.49. The highest BCUT2D eigenvalue weighted by molar-refractivity contribution is 6.02. The van der Waals surface area contributed by atoms with Crippen molar-refractivity contribution in [3.63, 3.8) is 0 Å². The molecule has 2 aliphatic carbocycles. The molecule has 2 aromatic rings. The number of anilines is 1. The molecule has 0 bridgehead atoms. The van der Waals surface area contributed by atoms with Gasteiger partial charge in [-0.1, -0.05) is 25.1 Å². The van der Waals surface area contributed by atoms with Gasteiger partial charge in [0.05, 0.1) is 76.3 Å². The molecule has 2 N–H and O–H groups in total. The maximum Gasteiger partial charge on any atom is 0.260 e. The van der Waals surface area contributed by atoms with Crippen LogP contribution in [0.2, 0.25) is 0 Å². The van der Waals surface area contributed by atoms with E-state index < -0.39 is 5.60 Å². The lowest BCUT2D eigenvalue weighted by atomic mass is 9.82. The number of nitrogens with zero attached hydrogens (tertiary/aromatic N) is 2. The van der Waals surface area contributed by atoms with Crippen molar-refractivity contribution in [1.29, 1.82) is 0 Å². The number of hydrogen-bond acceptors (Lipinski definition) is 10. The Bertz CT molecular complexity index is 2220. The molecule has 6 atom stereocenters. The van der Waals surface area contributed by atoms with Crippen LogP contribution in [-0.4, -0.2) is 93.0 Å². The number of carbonyl (C=O) groups excluding carboxylic acids is 2. The van der Waals surface area contributed by atoms with Crippen LogP contribution >= 0.6 is 0 Å². The van der Waals surface area contributed by atoms with E-state index in [0.717, 1.165) is 59.7 Å². The quantitative estimate of drug-likeness (QED) is 0.205. The monoisotopic (exact) mass is 818 g/mol. The fourth-order valence-corrected chi connectivity index (χ4v) is 9.76. The molecular weight excluding hydrogens is 761 g/mol. The second-order valence-electron chi connectivity index (χ2n) is 16.9. The molecule has 0 aromatic heterocycles. The van der Waals surface area contributed by atoms with E-state index in [1.807, 2.05) is 65.4 Å². The smallest absolute Gasteiger partial charge is 0.260 e. The van der Waals surface area contributed by atoms with E-state index >= 15 is 0 Å². The SMILES string of the molecule is COC1=CC=C(C2=CN3C(=O)c4cc(OC)c(OCCCOC5(C)CC6=C(C=C5OC)C(=O)N5C=C(c7ccc(OC)cc7)CC5C(C)N6)cc4NC(C)C3[C@@H](C)C2)CC1. The van der Waals surface area contributed by atoms with Gasteiger partial charge in [-0.15, -0.1) is 0 Å². The van der Waals surface area contributed by atoms with Gasteiger partial charge in [-0.05, 0) is 98.6 Å². The highest BCUT2D eigenvalue weighted by atomic mass is 16.5. The van der Waals surface area contributed by atoms with Crippen molar-refractivity contribution in [2.24, 2.45) is 5.92 Å². The summed E-state index contributed by atoms with van der Waals surface area (Å²) in [7, 11) is 6.58. The van der Waals surface area contributed by atoms with Crippen LogP contribution in [0.5, 0.6) is 17.2 Å². The minimum Gasteiger partial charge on any atom is -0.501 e. The third-order valence-corrected chi connectivity index (χ3v) is 13.0. The van der Waals surface area contributed by atoms with Gasteiger partial charge in [-0.25, -0.2) is 0 Å². The molecule has 318 valence electrons. The van der Waals surface area contributed by atoms with Crippen LogP contribution in [-0.2, 0) is 19.0 Å². The van der Waals surface area contributed by atoms with Crippen LogP contribution in [0, 0.1) is 5.92 Å². The van der Waals surface area contributed by atoms with Crippen LogP contribution in [0.4, 0.5) is 5.69 Å². The number of allylic oxidation sites excluding steroid dienone is 5. The number of rotatable bonds is 12. The zero-order chi connectivity index (χ0) is 42.3. The number of benzene rings is 2. The molecule has 4 heterocycles. The summed E-state index contributed by atoms with van der Waals surface area (Å²) in [5.41, 5.74) is 6.56.